The van der Waals surface area contributed by atoms with Crippen molar-refractivity contribution in [1.29, 1.82) is 0 Å². The Bertz CT molecular complexity index is 632. The molecular weight excluding hydrogens is 289 g/mol. The molecule has 2 rings (SSSR count). The first-order chi connectivity index (χ1) is 10.5. The number of hydrogen-bond donors (Lipinski definition) is 1. The molecule has 118 valence electrons. The van der Waals surface area contributed by atoms with Crippen LogP contribution in [-0.2, 0) is 4.79 Å². The highest BCUT2D eigenvalue weighted by molar-refractivity contribution is 5.77. The standard InChI is InChI=1S/C14H18FN5O2/c1-9-4-5-11(15)12(6-9)22-8-13(21)20(3)7-10(2)14-16-18-19-17-14/h4-6,10H,7-8H2,1-3H3,(H,16,17,18,19)/t10-/m1/s1. The summed E-state index contributed by atoms with van der Waals surface area (Å²) in [6.07, 6.45) is 0. The summed E-state index contributed by atoms with van der Waals surface area (Å²) in [7, 11) is 1.65. The molecule has 0 bridgehead atoms. The highest BCUT2D eigenvalue weighted by Gasteiger charge is 2.17. The summed E-state index contributed by atoms with van der Waals surface area (Å²) in [5, 5.41) is 13.6. The third-order valence-corrected chi connectivity index (χ3v) is 3.21. The molecule has 7 nitrogen and oxygen atoms in total. The van der Waals surface area contributed by atoms with E-state index in [1.165, 1.54) is 11.0 Å². The van der Waals surface area contributed by atoms with Crippen molar-refractivity contribution in [2.75, 3.05) is 20.2 Å². The molecule has 1 N–H and O–H groups in total. The Hall–Kier alpha value is -2.51. The Kier molecular flexibility index (Phi) is 5.03. The van der Waals surface area contributed by atoms with E-state index in [2.05, 4.69) is 20.6 Å². The molecule has 0 saturated heterocycles. The van der Waals surface area contributed by atoms with Crippen LogP contribution in [0.1, 0.15) is 24.2 Å². The monoisotopic (exact) mass is 307 g/mol. The first kappa shape index (κ1) is 15.9. The van der Waals surface area contributed by atoms with Crippen LogP contribution >= 0.6 is 0 Å². The average molecular weight is 307 g/mol. The van der Waals surface area contributed by atoms with Gasteiger partial charge in [-0.25, -0.2) is 4.39 Å². The summed E-state index contributed by atoms with van der Waals surface area (Å²) in [6, 6.07) is 4.52. The number of benzene rings is 1. The lowest BCUT2D eigenvalue weighted by atomic mass is 10.1. The smallest absolute Gasteiger partial charge is 0.260 e. The van der Waals surface area contributed by atoms with Crippen molar-refractivity contribution in [2.45, 2.75) is 19.8 Å². The van der Waals surface area contributed by atoms with Gasteiger partial charge in [-0.2, -0.15) is 5.21 Å². The minimum Gasteiger partial charge on any atom is -0.481 e. The molecule has 1 heterocycles. The average Bonchev–Trinajstić information content (AvgIpc) is 3.02. The Morgan fingerprint density at radius 3 is 2.95 bits per heavy atom. The predicted molar refractivity (Wildman–Crippen MR) is 76.9 cm³/mol. The first-order valence-corrected chi connectivity index (χ1v) is 6.83. The van der Waals surface area contributed by atoms with Crippen molar-refractivity contribution in [2.24, 2.45) is 0 Å². The van der Waals surface area contributed by atoms with Gasteiger partial charge in [-0.15, -0.1) is 10.2 Å². The van der Waals surface area contributed by atoms with Gasteiger partial charge in [0.05, 0.1) is 0 Å². The van der Waals surface area contributed by atoms with Gasteiger partial charge in [0.1, 0.15) is 0 Å². The molecule has 1 atom stereocenters. The summed E-state index contributed by atoms with van der Waals surface area (Å²) in [5.41, 5.74) is 0.864. The van der Waals surface area contributed by atoms with Crippen LogP contribution in [-0.4, -0.2) is 51.6 Å². The van der Waals surface area contributed by atoms with Gasteiger partial charge in [0.15, 0.2) is 24.0 Å². The van der Waals surface area contributed by atoms with E-state index in [1.807, 2.05) is 13.8 Å². The number of aryl methyl sites for hydroxylation is 1. The number of aromatic nitrogens is 4. The number of nitrogens with zero attached hydrogens (tertiary/aromatic N) is 4. The van der Waals surface area contributed by atoms with E-state index >= 15 is 0 Å². The van der Waals surface area contributed by atoms with E-state index in [1.54, 1.807) is 19.2 Å². The number of rotatable bonds is 6. The second-order valence-electron chi connectivity index (χ2n) is 5.17. The normalized spacial score (nSPS) is 12.0. The molecule has 0 aliphatic carbocycles. The van der Waals surface area contributed by atoms with E-state index in [-0.39, 0.29) is 24.2 Å². The zero-order valence-electron chi connectivity index (χ0n) is 12.7. The highest BCUT2D eigenvalue weighted by Crippen LogP contribution is 2.18. The number of aromatic amines is 1. The van der Waals surface area contributed by atoms with Crippen LogP contribution in [0.15, 0.2) is 18.2 Å². The zero-order valence-corrected chi connectivity index (χ0v) is 12.7. The lowest BCUT2D eigenvalue weighted by molar-refractivity contribution is -0.132. The minimum absolute atomic E-state index is 0.0663. The second kappa shape index (κ2) is 6.97. The predicted octanol–water partition coefficient (Wildman–Crippen LogP) is 1.29. The molecule has 0 aliphatic heterocycles. The fourth-order valence-corrected chi connectivity index (χ4v) is 1.94. The number of H-pyrrole nitrogens is 1. The number of carbonyl (C=O) groups is 1. The lowest BCUT2D eigenvalue weighted by Gasteiger charge is -2.20. The SMILES string of the molecule is Cc1ccc(F)c(OCC(=O)N(C)C[C@@H](C)c2nn[nH]n2)c1. The molecule has 0 spiro atoms. The number of amides is 1. The van der Waals surface area contributed by atoms with Crippen molar-refractivity contribution < 1.29 is 13.9 Å². The molecule has 1 amide bonds. The van der Waals surface area contributed by atoms with Gasteiger partial charge < -0.3 is 9.64 Å². The molecule has 0 unspecified atom stereocenters. The van der Waals surface area contributed by atoms with Crippen molar-refractivity contribution in [3.63, 3.8) is 0 Å². The summed E-state index contributed by atoms with van der Waals surface area (Å²) in [5.74, 6) is -0.195. The number of hydrogen-bond acceptors (Lipinski definition) is 5. The maximum atomic E-state index is 13.5. The third-order valence-electron chi connectivity index (χ3n) is 3.21. The highest BCUT2D eigenvalue weighted by atomic mass is 19.1. The molecule has 0 saturated carbocycles. The molecule has 0 aliphatic rings. The topological polar surface area (TPSA) is 84.0 Å². The van der Waals surface area contributed by atoms with Crippen LogP contribution in [0.25, 0.3) is 0 Å². The second-order valence-corrected chi connectivity index (χ2v) is 5.17. The lowest BCUT2D eigenvalue weighted by Crippen LogP contribution is -2.34. The Morgan fingerprint density at radius 1 is 1.50 bits per heavy atom. The zero-order chi connectivity index (χ0) is 16.1. The number of carbonyl (C=O) groups excluding carboxylic acids is 1. The maximum absolute atomic E-state index is 13.5. The fraction of sp³-hybridized carbons (Fsp3) is 0.429. The molecule has 1 aromatic carbocycles. The molecule has 0 radical (unpaired) electrons. The fourth-order valence-electron chi connectivity index (χ4n) is 1.94. The van der Waals surface area contributed by atoms with E-state index in [0.717, 1.165) is 5.56 Å². The van der Waals surface area contributed by atoms with Gasteiger partial charge in [0, 0.05) is 19.5 Å². The maximum Gasteiger partial charge on any atom is 0.260 e. The molecular formula is C14H18FN5O2. The number of nitrogens with one attached hydrogen (secondary N) is 1. The number of ether oxygens (including phenoxy) is 1. The van der Waals surface area contributed by atoms with E-state index < -0.39 is 5.82 Å². The molecule has 22 heavy (non-hydrogen) atoms. The minimum atomic E-state index is -0.485. The van der Waals surface area contributed by atoms with Crippen LogP contribution in [0, 0.1) is 12.7 Å². The van der Waals surface area contributed by atoms with Crippen molar-refractivity contribution in [3.05, 3.63) is 35.4 Å². The number of likely N-dealkylation sites (N-methyl/N-ethyl adjacent to an activating group) is 1. The summed E-state index contributed by atoms with van der Waals surface area (Å²) in [6.45, 7) is 3.90. The third kappa shape index (κ3) is 4.00. The van der Waals surface area contributed by atoms with Crippen LogP contribution in [0.2, 0.25) is 0 Å². The van der Waals surface area contributed by atoms with Gasteiger partial charge in [0.25, 0.3) is 5.91 Å². The van der Waals surface area contributed by atoms with Crippen molar-refractivity contribution in [3.8, 4) is 5.75 Å². The Labute approximate surface area is 127 Å². The van der Waals surface area contributed by atoms with Crippen molar-refractivity contribution in [1.82, 2.24) is 25.5 Å². The van der Waals surface area contributed by atoms with Crippen LogP contribution in [0.3, 0.4) is 0 Å². The Balaban J connectivity index is 1.87. The molecule has 0 fully saturated rings. The van der Waals surface area contributed by atoms with Gasteiger partial charge in [-0.3, -0.25) is 4.79 Å². The molecule has 1 aromatic heterocycles. The molecule has 2 aromatic rings. The largest absolute Gasteiger partial charge is 0.481 e. The van der Waals surface area contributed by atoms with E-state index in [9.17, 15) is 9.18 Å². The number of halogens is 1. The van der Waals surface area contributed by atoms with Crippen LogP contribution < -0.4 is 4.74 Å². The number of tetrazole rings is 1. The van der Waals surface area contributed by atoms with Crippen molar-refractivity contribution >= 4 is 5.91 Å². The summed E-state index contributed by atoms with van der Waals surface area (Å²) >= 11 is 0. The van der Waals surface area contributed by atoms with E-state index in [0.29, 0.717) is 12.4 Å². The Morgan fingerprint density at radius 2 is 2.27 bits per heavy atom. The summed E-state index contributed by atoms with van der Waals surface area (Å²) in [4.78, 5) is 13.5. The van der Waals surface area contributed by atoms with Crippen LogP contribution in [0.4, 0.5) is 4.39 Å². The van der Waals surface area contributed by atoms with Gasteiger partial charge in [-0.05, 0) is 24.6 Å². The van der Waals surface area contributed by atoms with Gasteiger partial charge in [0.2, 0.25) is 0 Å². The quantitative estimate of drug-likeness (QED) is 0.869. The van der Waals surface area contributed by atoms with E-state index in [4.69, 9.17) is 4.74 Å². The van der Waals surface area contributed by atoms with Gasteiger partial charge in [-0.1, -0.05) is 18.2 Å². The first-order valence-electron chi connectivity index (χ1n) is 6.83. The molecule has 8 heteroatoms. The van der Waals surface area contributed by atoms with Crippen LogP contribution in [0.5, 0.6) is 5.75 Å². The van der Waals surface area contributed by atoms with Gasteiger partial charge >= 0.3 is 0 Å². The summed E-state index contributed by atoms with van der Waals surface area (Å²) < 4.78 is 18.8.